The van der Waals surface area contributed by atoms with Gasteiger partial charge in [0.2, 0.25) is 0 Å². The zero-order valence-electron chi connectivity index (χ0n) is 7.94. The van der Waals surface area contributed by atoms with Crippen molar-refractivity contribution in [1.82, 2.24) is 9.71 Å². The lowest BCUT2D eigenvalue weighted by atomic mass is 10.3. The second-order valence-corrected chi connectivity index (χ2v) is 7.09. The highest BCUT2D eigenvalue weighted by atomic mass is 35.5. The standard InChI is InChI=1S/C8H11ClN2O2S2/c9-8-10-5-7(14-8)15(12,13)11-6-3-1-2-4-6/h5-6,11H,1-4H2. The van der Waals surface area contributed by atoms with Gasteiger partial charge in [-0.05, 0) is 12.8 Å². The van der Waals surface area contributed by atoms with Gasteiger partial charge in [0.05, 0.1) is 6.20 Å². The van der Waals surface area contributed by atoms with Crippen LogP contribution in [0.3, 0.4) is 0 Å². The van der Waals surface area contributed by atoms with Crippen molar-refractivity contribution >= 4 is 33.0 Å². The first-order valence-electron chi connectivity index (χ1n) is 4.71. The first-order valence-corrected chi connectivity index (χ1v) is 7.39. The van der Waals surface area contributed by atoms with E-state index in [1.54, 1.807) is 0 Å². The van der Waals surface area contributed by atoms with Crippen LogP contribution >= 0.6 is 22.9 Å². The van der Waals surface area contributed by atoms with Crippen molar-refractivity contribution < 1.29 is 8.42 Å². The summed E-state index contributed by atoms with van der Waals surface area (Å²) in [6, 6.07) is 0.0795. The summed E-state index contributed by atoms with van der Waals surface area (Å²) in [4.78, 5) is 3.72. The maximum atomic E-state index is 11.8. The van der Waals surface area contributed by atoms with Crippen LogP contribution in [0, 0.1) is 0 Å². The number of thiazole rings is 1. The van der Waals surface area contributed by atoms with Gasteiger partial charge in [-0.1, -0.05) is 35.8 Å². The monoisotopic (exact) mass is 266 g/mol. The summed E-state index contributed by atoms with van der Waals surface area (Å²) < 4.78 is 26.7. The topological polar surface area (TPSA) is 59.1 Å². The summed E-state index contributed by atoms with van der Waals surface area (Å²) in [5, 5.41) is 0. The van der Waals surface area contributed by atoms with Crippen LogP contribution in [0.2, 0.25) is 4.47 Å². The highest BCUT2D eigenvalue weighted by Gasteiger charge is 2.24. The van der Waals surface area contributed by atoms with Crippen LogP contribution in [0.25, 0.3) is 0 Å². The van der Waals surface area contributed by atoms with Crippen molar-refractivity contribution in [2.75, 3.05) is 0 Å². The van der Waals surface area contributed by atoms with E-state index in [0.29, 0.717) is 0 Å². The Bertz CT molecular complexity index is 437. The van der Waals surface area contributed by atoms with Crippen molar-refractivity contribution in [3.63, 3.8) is 0 Å². The van der Waals surface area contributed by atoms with Crippen LogP contribution < -0.4 is 4.72 Å². The molecule has 1 aromatic rings. The summed E-state index contributed by atoms with van der Waals surface area (Å²) >= 11 is 6.58. The molecule has 7 heteroatoms. The molecule has 4 nitrogen and oxygen atoms in total. The Kier molecular flexibility index (Phi) is 3.30. The number of halogens is 1. The van der Waals surface area contributed by atoms with E-state index >= 15 is 0 Å². The Morgan fingerprint density at radius 1 is 1.47 bits per heavy atom. The van der Waals surface area contributed by atoms with Crippen molar-refractivity contribution in [2.24, 2.45) is 0 Å². The van der Waals surface area contributed by atoms with Gasteiger partial charge in [-0.15, -0.1) is 0 Å². The molecule has 1 saturated carbocycles. The number of hydrogen-bond donors (Lipinski definition) is 1. The first kappa shape index (κ1) is 11.3. The van der Waals surface area contributed by atoms with Crippen LogP contribution in [0.4, 0.5) is 0 Å². The highest BCUT2D eigenvalue weighted by molar-refractivity contribution is 7.91. The van der Waals surface area contributed by atoms with Gasteiger partial charge in [0.1, 0.15) is 0 Å². The number of hydrogen-bond acceptors (Lipinski definition) is 4. The zero-order valence-corrected chi connectivity index (χ0v) is 10.3. The minimum atomic E-state index is -3.40. The molecule has 0 aromatic carbocycles. The maximum Gasteiger partial charge on any atom is 0.251 e. The molecule has 0 saturated heterocycles. The fourth-order valence-corrected chi connectivity index (χ4v) is 4.30. The molecule has 0 spiro atoms. The summed E-state index contributed by atoms with van der Waals surface area (Å²) in [5.41, 5.74) is 0. The van der Waals surface area contributed by atoms with Crippen LogP contribution in [0.5, 0.6) is 0 Å². The molecule has 0 atom stereocenters. The first-order chi connectivity index (χ1) is 7.08. The van der Waals surface area contributed by atoms with E-state index in [-0.39, 0.29) is 14.7 Å². The third-order valence-corrected chi connectivity index (χ3v) is 5.49. The minimum absolute atomic E-state index is 0.0795. The lowest BCUT2D eigenvalue weighted by Crippen LogP contribution is -2.32. The fraction of sp³-hybridized carbons (Fsp3) is 0.625. The molecule has 0 radical (unpaired) electrons. The highest BCUT2D eigenvalue weighted by Crippen LogP contribution is 2.25. The molecule has 1 N–H and O–H groups in total. The molecule has 1 aliphatic rings. The van der Waals surface area contributed by atoms with Gasteiger partial charge in [0.25, 0.3) is 10.0 Å². The number of nitrogens with one attached hydrogen (secondary N) is 1. The molecular weight excluding hydrogens is 256 g/mol. The van der Waals surface area contributed by atoms with Crippen molar-refractivity contribution in [2.45, 2.75) is 35.9 Å². The van der Waals surface area contributed by atoms with Crippen molar-refractivity contribution in [3.8, 4) is 0 Å². The fourth-order valence-electron chi connectivity index (χ4n) is 1.68. The Morgan fingerprint density at radius 3 is 2.67 bits per heavy atom. The normalized spacial score (nSPS) is 18.5. The van der Waals surface area contributed by atoms with Gasteiger partial charge < -0.3 is 0 Å². The Balaban J connectivity index is 2.12. The van der Waals surface area contributed by atoms with Gasteiger partial charge >= 0.3 is 0 Å². The van der Waals surface area contributed by atoms with Gasteiger partial charge in [0.15, 0.2) is 8.68 Å². The van der Waals surface area contributed by atoms with Crippen LogP contribution in [0.1, 0.15) is 25.7 Å². The van der Waals surface area contributed by atoms with E-state index in [1.807, 2.05) is 0 Å². The SMILES string of the molecule is O=S(=O)(NC1CCCC1)c1cnc(Cl)s1. The lowest BCUT2D eigenvalue weighted by Gasteiger charge is -2.10. The van der Waals surface area contributed by atoms with Gasteiger partial charge in [-0.2, -0.15) is 0 Å². The Hall–Kier alpha value is -0.170. The maximum absolute atomic E-state index is 11.8. The molecule has 0 amide bonds. The molecule has 1 aliphatic carbocycles. The third-order valence-electron chi connectivity index (χ3n) is 2.40. The molecule has 1 fully saturated rings. The summed E-state index contributed by atoms with van der Waals surface area (Å²) in [5.74, 6) is 0. The molecule has 1 aromatic heterocycles. The molecule has 0 unspecified atom stereocenters. The predicted octanol–water partition coefficient (Wildman–Crippen LogP) is 2.02. The summed E-state index contributed by atoms with van der Waals surface area (Å²) in [6.07, 6.45) is 5.33. The van der Waals surface area contributed by atoms with Gasteiger partial charge in [0, 0.05) is 6.04 Å². The average molecular weight is 267 g/mol. The molecule has 15 heavy (non-hydrogen) atoms. The van der Waals surface area contributed by atoms with Crippen LogP contribution in [-0.2, 0) is 10.0 Å². The predicted molar refractivity (Wildman–Crippen MR) is 59.7 cm³/mol. The Labute approximate surface area is 97.7 Å². The number of nitrogens with zero attached hydrogens (tertiary/aromatic N) is 1. The van der Waals surface area contributed by atoms with E-state index in [9.17, 15) is 8.42 Å². The van der Waals surface area contributed by atoms with E-state index in [0.717, 1.165) is 37.0 Å². The van der Waals surface area contributed by atoms with E-state index in [2.05, 4.69) is 9.71 Å². The zero-order chi connectivity index (χ0) is 10.9. The van der Waals surface area contributed by atoms with E-state index < -0.39 is 10.0 Å². The van der Waals surface area contributed by atoms with Gasteiger partial charge in [-0.25, -0.2) is 18.1 Å². The largest absolute Gasteiger partial charge is 0.251 e. The molecule has 0 bridgehead atoms. The summed E-state index contributed by atoms with van der Waals surface area (Å²) in [7, 11) is -3.40. The minimum Gasteiger partial charge on any atom is -0.232 e. The molecule has 84 valence electrons. The second kappa shape index (κ2) is 4.37. The number of aromatic nitrogens is 1. The smallest absolute Gasteiger partial charge is 0.232 e. The van der Waals surface area contributed by atoms with E-state index in [4.69, 9.17) is 11.6 Å². The van der Waals surface area contributed by atoms with Gasteiger partial charge in [-0.3, -0.25) is 0 Å². The Morgan fingerprint density at radius 2 is 2.13 bits per heavy atom. The second-order valence-electron chi connectivity index (χ2n) is 3.53. The van der Waals surface area contributed by atoms with Crippen LogP contribution in [-0.4, -0.2) is 19.4 Å². The molecule has 0 aliphatic heterocycles. The van der Waals surface area contributed by atoms with Crippen LogP contribution in [0.15, 0.2) is 10.4 Å². The lowest BCUT2D eigenvalue weighted by molar-refractivity contribution is 0.554. The molecular formula is C8H11ClN2O2S2. The molecule has 1 heterocycles. The van der Waals surface area contributed by atoms with Crippen molar-refractivity contribution in [3.05, 3.63) is 10.7 Å². The van der Waals surface area contributed by atoms with E-state index in [1.165, 1.54) is 6.20 Å². The average Bonchev–Trinajstić information content (AvgIpc) is 2.75. The van der Waals surface area contributed by atoms with Crippen molar-refractivity contribution in [1.29, 1.82) is 0 Å². The third kappa shape index (κ3) is 2.69. The number of sulfonamides is 1. The molecule has 2 rings (SSSR count). The summed E-state index contributed by atoms with van der Waals surface area (Å²) in [6.45, 7) is 0. The quantitative estimate of drug-likeness (QED) is 0.911. The number of rotatable bonds is 3.